The Morgan fingerprint density at radius 2 is 2.00 bits per heavy atom. The van der Waals surface area contributed by atoms with Crippen LogP contribution in [0.4, 0.5) is 5.13 Å². The molecular formula is C25H20N2O4S2. The van der Waals surface area contributed by atoms with Gasteiger partial charge in [-0.3, -0.25) is 14.5 Å². The Hall–Kier alpha value is -3.49. The number of ether oxygens (including phenoxy) is 1. The van der Waals surface area contributed by atoms with Gasteiger partial charge in [0.2, 0.25) is 5.78 Å². The predicted molar refractivity (Wildman–Crippen MR) is 131 cm³/mol. The molecule has 4 aromatic rings. The summed E-state index contributed by atoms with van der Waals surface area (Å²) in [6.45, 7) is 2.08. The van der Waals surface area contributed by atoms with E-state index in [0.29, 0.717) is 21.3 Å². The summed E-state index contributed by atoms with van der Waals surface area (Å²) in [4.78, 5) is 33.3. The standard InChI is InChI=1S/C25H20N2O4S2/c1-3-14-10-11-16-19(13-14)33-25(26-16)27-21(15-7-4-5-8-17(15)31-2)20(23(29)24(27)30)22(28)18-9-6-12-32-18/h4-13,21,29H,3H2,1-2H3. The lowest BCUT2D eigenvalue weighted by Gasteiger charge is -2.25. The molecule has 6 nitrogen and oxygen atoms in total. The number of thiophene rings is 1. The molecule has 33 heavy (non-hydrogen) atoms. The van der Waals surface area contributed by atoms with Crippen molar-refractivity contribution >= 4 is 49.7 Å². The molecule has 2 aromatic carbocycles. The molecule has 8 heteroatoms. The first-order chi connectivity index (χ1) is 16.0. The van der Waals surface area contributed by atoms with Gasteiger partial charge in [-0.25, -0.2) is 4.98 Å². The summed E-state index contributed by atoms with van der Waals surface area (Å²) in [5.41, 5.74) is 2.56. The molecule has 0 radical (unpaired) electrons. The summed E-state index contributed by atoms with van der Waals surface area (Å²) < 4.78 is 6.49. The highest BCUT2D eigenvalue weighted by atomic mass is 32.1. The number of thiazole rings is 1. The molecule has 1 amide bonds. The van der Waals surface area contributed by atoms with Crippen LogP contribution in [0.3, 0.4) is 0 Å². The lowest BCUT2D eigenvalue weighted by molar-refractivity contribution is -0.117. The maximum absolute atomic E-state index is 13.4. The van der Waals surface area contributed by atoms with Crippen LogP contribution in [0.25, 0.3) is 10.2 Å². The molecule has 1 unspecified atom stereocenters. The number of aliphatic hydroxyl groups is 1. The van der Waals surface area contributed by atoms with Crippen LogP contribution in [0.15, 0.2) is 71.3 Å². The van der Waals surface area contributed by atoms with Gasteiger partial charge >= 0.3 is 0 Å². The van der Waals surface area contributed by atoms with E-state index in [1.54, 1.807) is 29.6 Å². The SMILES string of the molecule is CCc1ccc2nc(N3C(=O)C(O)=C(C(=O)c4cccs4)C3c3ccccc3OC)sc2c1. The largest absolute Gasteiger partial charge is 0.503 e. The van der Waals surface area contributed by atoms with Crippen molar-refractivity contribution in [2.45, 2.75) is 19.4 Å². The smallest absolute Gasteiger partial charge is 0.296 e. The third kappa shape index (κ3) is 3.51. The summed E-state index contributed by atoms with van der Waals surface area (Å²) in [6.07, 6.45) is 0.886. The number of hydrogen-bond acceptors (Lipinski definition) is 7. The molecule has 0 fully saturated rings. The van der Waals surface area contributed by atoms with Gasteiger partial charge in [0.25, 0.3) is 5.91 Å². The summed E-state index contributed by atoms with van der Waals surface area (Å²) in [7, 11) is 1.54. The van der Waals surface area contributed by atoms with Crippen molar-refractivity contribution < 1.29 is 19.4 Å². The molecule has 0 spiro atoms. The second kappa shape index (κ2) is 8.46. The molecule has 1 atom stereocenters. The lowest BCUT2D eigenvalue weighted by Crippen LogP contribution is -2.31. The van der Waals surface area contributed by atoms with Crippen molar-refractivity contribution in [3.05, 3.63) is 87.3 Å². The van der Waals surface area contributed by atoms with Crippen LogP contribution in [0.2, 0.25) is 0 Å². The van der Waals surface area contributed by atoms with Gasteiger partial charge in [-0.1, -0.05) is 48.6 Å². The number of aromatic nitrogens is 1. The number of ketones is 1. The van der Waals surface area contributed by atoms with Crippen molar-refractivity contribution in [1.29, 1.82) is 0 Å². The first kappa shape index (κ1) is 21.4. The minimum absolute atomic E-state index is 0.0282. The Morgan fingerprint density at radius 1 is 1.18 bits per heavy atom. The lowest BCUT2D eigenvalue weighted by atomic mass is 9.95. The molecule has 0 saturated heterocycles. The Morgan fingerprint density at radius 3 is 2.73 bits per heavy atom. The number of aryl methyl sites for hydroxylation is 1. The second-order valence-electron chi connectivity index (χ2n) is 7.54. The summed E-state index contributed by atoms with van der Waals surface area (Å²) >= 11 is 2.62. The van der Waals surface area contributed by atoms with E-state index in [-0.39, 0.29) is 11.4 Å². The zero-order valence-corrected chi connectivity index (χ0v) is 19.6. The van der Waals surface area contributed by atoms with Gasteiger partial charge in [0, 0.05) is 5.56 Å². The molecule has 0 bridgehead atoms. The van der Waals surface area contributed by atoms with E-state index in [0.717, 1.165) is 16.6 Å². The Labute approximate surface area is 198 Å². The van der Waals surface area contributed by atoms with E-state index in [4.69, 9.17) is 4.74 Å². The number of anilines is 1. The fourth-order valence-corrected chi connectivity index (χ4v) is 5.78. The number of para-hydroxylation sites is 1. The van der Waals surface area contributed by atoms with Crippen LogP contribution in [-0.4, -0.2) is 28.9 Å². The number of carbonyl (C=O) groups is 2. The number of fused-ring (bicyclic) bond motifs is 1. The van der Waals surface area contributed by atoms with Crippen LogP contribution >= 0.6 is 22.7 Å². The third-order valence-corrected chi connectivity index (χ3v) is 7.57. The molecular weight excluding hydrogens is 456 g/mol. The maximum Gasteiger partial charge on any atom is 0.296 e. The maximum atomic E-state index is 13.4. The van der Waals surface area contributed by atoms with Crippen molar-refractivity contribution in [2.24, 2.45) is 0 Å². The summed E-state index contributed by atoms with van der Waals surface area (Å²) in [6, 6.07) is 15.8. The zero-order valence-electron chi connectivity index (χ0n) is 17.9. The fourth-order valence-electron chi connectivity index (χ4n) is 4.04. The van der Waals surface area contributed by atoms with Crippen LogP contribution in [0, 0.1) is 0 Å². The fraction of sp³-hybridized carbons (Fsp3) is 0.160. The molecule has 0 aliphatic carbocycles. The zero-order chi connectivity index (χ0) is 23.1. The predicted octanol–water partition coefficient (Wildman–Crippen LogP) is 5.71. The molecule has 5 rings (SSSR count). The molecule has 0 saturated carbocycles. The number of methoxy groups -OCH3 is 1. The molecule has 1 aliphatic heterocycles. The van der Waals surface area contributed by atoms with E-state index in [9.17, 15) is 14.7 Å². The normalized spacial score (nSPS) is 16.1. The molecule has 1 N–H and O–H groups in total. The van der Waals surface area contributed by atoms with Gasteiger partial charge < -0.3 is 9.84 Å². The van der Waals surface area contributed by atoms with Crippen molar-refractivity contribution in [3.63, 3.8) is 0 Å². The molecule has 2 aromatic heterocycles. The van der Waals surface area contributed by atoms with E-state index in [1.807, 2.05) is 24.3 Å². The highest BCUT2D eigenvalue weighted by Crippen LogP contribution is 2.46. The first-order valence-corrected chi connectivity index (χ1v) is 12.1. The van der Waals surface area contributed by atoms with Crippen molar-refractivity contribution in [1.82, 2.24) is 4.98 Å². The second-order valence-corrected chi connectivity index (χ2v) is 9.50. The topological polar surface area (TPSA) is 79.7 Å². The highest BCUT2D eigenvalue weighted by Gasteiger charge is 2.47. The number of rotatable bonds is 6. The minimum atomic E-state index is -0.866. The monoisotopic (exact) mass is 476 g/mol. The quantitative estimate of drug-likeness (QED) is 0.361. The van der Waals surface area contributed by atoms with Crippen molar-refractivity contribution in [2.75, 3.05) is 12.0 Å². The average molecular weight is 477 g/mol. The van der Waals surface area contributed by atoms with Gasteiger partial charge in [0.1, 0.15) is 11.8 Å². The van der Waals surface area contributed by atoms with Crippen LogP contribution in [0.1, 0.15) is 33.8 Å². The molecule has 3 heterocycles. The van der Waals surface area contributed by atoms with E-state index < -0.39 is 17.7 Å². The molecule has 1 aliphatic rings. The number of hydrogen-bond donors (Lipinski definition) is 1. The first-order valence-electron chi connectivity index (χ1n) is 10.4. The number of carbonyl (C=O) groups excluding carboxylic acids is 2. The van der Waals surface area contributed by atoms with Crippen LogP contribution in [0.5, 0.6) is 5.75 Å². The van der Waals surface area contributed by atoms with Gasteiger partial charge in [-0.2, -0.15) is 0 Å². The number of amides is 1. The highest BCUT2D eigenvalue weighted by molar-refractivity contribution is 7.22. The average Bonchev–Trinajstić information content (AvgIpc) is 3.57. The number of benzene rings is 2. The van der Waals surface area contributed by atoms with E-state index in [1.165, 1.54) is 40.2 Å². The van der Waals surface area contributed by atoms with Crippen LogP contribution in [-0.2, 0) is 11.2 Å². The Bertz CT molecular complexity index is 1410. The number of aliphatic hydroxyl groups excluding tert-OH is 1. The van der Waals surface area contributed by atoms with E-state index >= 15 is 0 Å². The Balaban J connectivity index is 1.70. The van der Waals surface area contributed by atoms with Gasteiger partial charge in [0.05, 0.1) is 27.8 Å². The van der Waals surface area contributed by atoms with Crippen LogP contribution < -0.4 is 9.64 Å². The number of Topliss-reactive ketones (excluding diaryl/α,β-unsaturated/α-hetero) is 1. The van der Waals surface area contributed by atoms with Gasteiger partial charge in [-0.05, 0) is 41.6 Å². The van der Waals surface area contributed by atoms with Crippen molar-refractivity contribution in [3.8, 4) is 5.75 Å². The number of nitrogens with zero attached hydrogens (tertiary/aromatic N) is 2. The summed E-state index contributed by atoms with van der Waals surface area (Å²) in [5, 5.41) is 13.1. The summed E-state index contributed by atoms with van der Waals surface area (Å²) in [5.74, 6) is -1.08. The molecule has 166 valence electrons. The van der Waals surface area contributed by atoms with Gasteiger partial charge in [-0.15, -0.1) is 11.3 Å². The van der Waals surface area contributed by atoms with Gasteiger partial charge in [0.15, 0.2) is 10.9 Å². The third-order valence-electron chi connectivity index (χ3n) is 5.69. The van der Waals surface area contributed by atoms with E-state index in [2.05, 4.69) is 18.0 Å². The Kier molecular flexibility index (Phi) is 5.47. The minimum Gasteiger partial charge on any atom is -0.503 e.